The van der Waals surface area contributed by atoms with Crippen molar-refractivity contribution in [3.8, 4) is 5.75 Å². The van der Waals surface area contributed by atoms with E-state index in [-0.39, 0.29) is 27.3 Å². The monoisotopic (exact) mass is 355 g/mol. The Kier molecular flexibility index (Phi) is 5.34. The second-order valence-corrected chi connectivity index (χ2v) is 5.69. The SMILES string of the molecule is CC(=O)Oc1c(Cl)cc(C(=O)Nc2ccc(S)cc2)cc1Cl. The van der Waals surface area contributed by atoms with Crippen molar-refractivity contribution in [2.45, 2.75) is 11.8 Å². The van der Waals surface area contributed by atoms with Gasteiger partial charge in [0.25, 0.3) is 5.91 Å². The second-order valence-electron chi connectivity index (χ2n) is 4.36. The first kappa shape index (κ1) is 16.7. The van der Waals surface area contributed by atoms with E-state index in [1.54, 1.807) is 24.3 Å². The van der Waals surface area contributed by atoms with Gasteiger partial charge in [0.1, 0.15) is 0 Å². The van der Waals surface area contributed by atoms with Crippen molar-refractivity contribution >= 4 is 53.4 Å². The van der Waals surface area contributed by atoms with Crippen LogP contribution in [-0.2, 0) is 4.79 Å². The number of esters is 1. The van der Waals surface area contributed by atoms with Gasteiger partial charge in [0.05, 0.1) is 10.0 Å². The quantitative estimate of drug-likeness (QED) is 0.485. The second kappa shape index (κ2) is 7.05. The molecule has 0 spiro atoms. The summed E-state index contributed by atoms with van der Waals surface area (Å²) in [5.74, 6) is -0.898. The van der Waals surface area contributed by atoms with Crippen LogP contribution in [-0.4, -0.2) is 11.9 Å². The van der Waals surface area contributed by atoms with Gasteiger partial charge >= 0.3 is 5.97 Å². The zero-order valence-corrected chi connectivity index (χ0v) is 13.8. The maximum atomic E-state index is 12.2. The van der Waals surface area contributed by atoms with Gasteiger partial charge in [0, 0.05) is 23.1 Å². The molecule has 2 aromatic carbocycles. The Hall–Kier alpha value is -1.69. The molecule has 0 saturated heterocycles. The van der Waals surface area contributed by atoms with E-state index in [0.717, 1.165) is 4.90 Å². The molecule has 2 aromatic rings. The Morgan fingerprint density at radius 3 is 2.14 bits per heavy atom. The molecule has 0 unspecified atom stereocenters. The third-order valence-electron chi connectivity index (χ3n) is 2.63. The van der Waals surface area contributed by atoms with E-state index in [4.69, 9.17) is 27.9 Å². The lowest BCUT2D eigenvalue weighted by molar-refractivity contribution is -0.131. The average molecular weight is 356 g/mol. The number of rotatable bonds is 3. The highest BCUT2D eigenvalue weighted by Crippen LogP contribution is 2.34. The number of thiol groups is 1. The summed E-state index contributed by atoms with van der Waals surface area (Å²) in [5, 5.41) is 2.87. The summed E-state index contributed by atoms with van der Waals surface area (Å²) in [6.07, 6.45) is 0. The van der Waals surface area contributed by atoms with Crippen LogP contribution in [0.1, 0.15) is 17.3 Å². The molecule has 22 heavy (non-hydrogen) atoms. The topological polar surface area (TPSA) is 55.4 Å². The van der Waals surface area contributed by atoms with Crippen LogP contribution in [0.15, 0.2) is 41.3 Å². The first-order valence-corrected chi connectivity index (χ1v) is 7.35. The van der Waals surface area contributed by atoms with E-state index in [9.17, 15) is 9.59 Å². The van der Waals surface area contributed by atoms with Crippen LogP contribution in [0.5, 0.6) is 5.75 Å². The number of hydrogen-bond acceptors (Lipinski definition) is 4. The molecule has 0 atom stereocenters. The Balaban J connectivity index is 2.23. The Morgan fingerprint density at radius 1 is 1.09 bits per heavy atom. The van der Waals surface area contributed by atoms with Gasteiger partial charge in [-0.05, 0) is 36.4 Å². The van der Waals surface area contributed by atoms with E-state index in [1.807, 2.05) is 0 Å². The van der Waals surface area contributed by atoms with Gasteiger partial charge in [-0.15, -0.1) is 12.6 Å². The molecule has 0 aliphatic rings. The first-order valence-electron chi connectivity index (χ1n) is 6.14. The number of carbonyl (C=O) groups is 2. The van der Waals surface area contributed by atoms with Crippen LogP contribution in [0.4, 0.5) is 5.69 Å². The third kappa shape index (κ3) is 4.16. The number of nitrogens with one attached hydrogen (secondary N) is 1. The minimum absolute atomic E-state index is 0.0341. The summed E-state index contributed by atoms with van der Waals surface area (Å²) < 4.78 is 4.90. The minimum atomic E-state index is -0.548. The van der Waals surface area contributed by atoms with E-state index < -0.39 is 5.97 Å². The fourth-order valence-corrected chi connectivity index (χ4v) is 2.39. The van der Waals surface area contributed by atoms with Crippen molar-refractivity contribution in [3.63, 3.8) is 0 Å². The van der Waals surface area contributed by atoms with Crippen LogP contribution in [0.25, 0.3) is 0 Å². The van der Waals surface area contributed by atoms with Crippen LogP contribution in [0.3, 0.4) is 0 Å². The molecule has 1 amide bonds. The van der Waals surface area contributed by atoms with Crippen LogP contribution < -0.4 is 10.1 Å². The summed E-state index contributed by atoms with van der Waals surface area (Å²) in [6, 6.07) is 9.71. The van der Waals surface area contributed by atoms with E-state index in [2.05, 4.69) is 17.9 Å². The van der Waals surface area contributed by atoms with Crippen LogP contribution >= 0.6 is 35.8 Å². The van der Waals surface area contributed by atoms with Gasteiger partial charge in [0.2, 0.25) is 0 Å². The minimum Gasteiger partial charge on any atom is -0.424 e. The smallest absolute Gasteiger partial charge is 0.308 e. The lowest BCUT2D eigenvalue weighted by Crippen LogP contribution is -2.12. The lowest BCUT2D eigenvalue weighted by atomic mass is 10.2. The normalized spacial score (nSPS) is 10.2. The predicted molar refractivity (Wildman–Crippen MR) is 89.4 cm³/mol. The van der Waals surface area contributed by atoms with Crippen molar-refractivity contribution < 1.29 is 14.3 Å². The summed E-state index contributed by atoms with van der Waals surface area (Å²) in [5.41, 5.74) is 0.861. The third-order valence-corrected chi connectivity index (χ3v) is 3.49. The zero-order valence-electron chi connectivity index (χ0n) is 11.4. The highest BCUT2D eigenvalue weighted by molar-refractivity contribution is 7.80. The molecule has 7 heteroatoms. The molecule has 0 fully saturated rings. The Labute approximate surface area is 142 Å². The van der Waals surface area contributed by atoms with Gasteiger partial charge in [-0.3, -0.25) is 9.59 Å². The van der Waals surface area contributed by atoms with E-state index in [0.29, 0.717) is 5.69 Å². The van der Waals surface area contributed by atoms with Gasteiger partial charge < -0.3 is 10.1 Å². The van der Waals surface area contributed by atoms with Crippen molar-refractivity contribution in [2.24, 2.45) is 0 Å². The highest BCUT2D eigenvalue weighted by Gasteiger charge is 2.15. The number of hydrogen-bond donors (Lipinski definition) is 2. The van der Waals surface area contributed by atoms with Crippen LogP contribution in [0, 0.1) is 0 Å². The fourth-order valence-electron chi connectivity index (χ4n) is 1.68. The maximum absolute atomic E-state index is 12.2. The predicted octanol–water partition coefficient (Wildman–Crippen LogP) is 4.46. The molecule has 1 N–H and O–H groups in total. The van der Waals surface area contributed by atoms with Gasteiger partial charge in [-0.25, -0.2) is 0 Å². The molecule has 0 aliphatic carbocycles. The molecule has 0 saturated carbocycles. The molecule has 0 bridgehead atoms. The maximum Gasteiger partial charge on any atom is 0.308 e. The van der Waals surface area contributed by atoms with Crippen molar-refractivity contribution in [1.82, 2.24) is 0 Å². The van der Waals surface area contributed by atoms with Gasteiger partial charge in [-0.2, -0.15) is 0 Å². The van der Waals surface area contributed by atoms with E-state index in [1.165, 1.54) is 19.1 Å². The van der Waals surface area contributed by atoms with Gasteiger partial charge in [0.15, 0.2) is 5.75 Å². The molecule has 4 nitrogen and oxygen atoms in total. The molecule has 0 radical (unpaired) electrons. The number of halogens is 2. The lowest BCUT2D eigenvalue weighted by Gasteiger charge is -2.10. The molecule has 0 heterocycles. The first-order chi connectivity index (χ1) is 10.4. The largest absolute Gasteiger partial charge is 0.424 e. The summed E-state index contributed by atoms with van der Waals surface area (Å²) in [4.78, 5) is 23.9. The fraction of sp³-hybridized carbons (Fsp3) is 0.0667. The van der Waals surface area contributed by atoms with Crippen LogP contribution in [0.2, 0.25) is 10.0 Å². The molecular weight excluding hydrogens is 345 g/mol. The number of anilines is 1. The molecular formula is C15H11Cl2NO3S. The van der Waals surface area contributed by atoms with Gasteiger partial charge in [-0.1, -0.05) is 23.2 Å². The average Bonchev–Trinajstić information content (AvgIpc) is 2.45. The Bertz CT molecular complexity index is 709. The summed E-state index contributed by atoms with van der Waals surface area (Å²) in [7, 11) is 0. The molecule has 0 aliphatic heterocycles. The summed E-state index contributed by atoms with van der Waals surface area (Å²) in [6.45, 7) is 1.23. The number of amides is 1. The highest BCUT2D eigenvalue weighted by atomic mass is 35.5. The number of ether oxygens (including phenoxy) is 1. The Morgan fingerprint density at radius 2 is 1.64 bits per heavy atom. The molecule has 2 rings (SSSR count). The molecule has 0 aromatic heterocycles. The van der Waals surface area contributed by atoms with Crippen molar-refractivity contribution in [2.75, 3.05) is 5.32 Å². The number of carbonyl (C=O) groups excluding carboxylic acids is 2. The number of benzene rings is 2. The van der Waals surface area contributed by atoms with E-state index >= 15 is 0 Å². The summed E-state index contributed by atoms with van der Waals surface area (Å²) >= 11 is 16.2. The molecule has 114 valence electrons. The van der Waals surface area contributed by atoms with Crippen molar-refractivity contribution in [3.05, 3.63) is 52.0 Å². The van der Waals surface area contributed by atoms with Crippen molar-refractivity contribution in [1.29, 1.82) is 0 Å². The zero-order chi connectivity index (χ0) is 16.3. The standard InChI is InChI=1S/C15H11Cl2NO3S/c1-8(19)21-14-12(16)6-9(7-13(14)17)15(20)18-10-2-4-11(22)5-3-10/h2-7,22H,1H3,(H,18,20).